The summed E-state index contributed by atoms with van der Waals surface area (Å²) in [7, 11) is 4.57. The van der Waals surface area contributed by atoms with Gasteiger partial charge in [-0.2, -0.15) is 0 Å². The number of hydrogen-bond acceptors (Lipinski definition) is 4. The van der Waals surface area contributed by atoms with Gasteiger partial charge in [-0.25, -0.2) is 4.39 Å². The van der Waals surface area contributed by atoms with Crippen molar-refractivity contribution >= 4 is 11.8 Å². The summed E-state index contributed by atoms with van der Waals surface area (Å²) in [6.07, 6.45) is 0. The van der Waals surface area contributed by atoms with Crippen LogP contribution >= 0.6 is 0 Å². The number of halogens is 1. The summed E-state index contributed by atoms with van der Waals surface area (Å²) in [6, 6.07) is 10.5. The van der Waals surface area contributed by atoms with Crippen LogP contribution in [0.4, 0.5) is 4.39 Å². The van der Waals surface area contributed by atoms with Gasteiger partial charge in [0.25, 0.3) is 5.91 Å². The summed E-state index contributed by atoms with van der Waals surface area (Å²) in [5.74, 6) is -0.417. The van der Waals surface area contributed by atoms with Crippen LogP contribution in [0, 0.1) is 11.7 Å². The van der Waals surface area contributed by atoms with E-state index in [0.717, 1.165) is 0 Å². The van der Waals surface area contributed by atoms with E-state index in [4.69, 9.17) is 9.47 Å². The average molecular weight is 402 g/mol. The highest BCUT2D eigenvalue weighted by Crippen LogP contribution is 2.19. The quantitative estimate of drug-likeness (QED) is 0.736. The molecule has 6 nitrogen and oxygen atoms in total. The predicted molar refractivity (Wildman–Crippen MR) is 109 cm³/mol. The van der Waals surface area contributed by atoms with Crippen LogP contribution in [0.15, 0.2) is 42.5 Å². The van der Waals surface area contributed by atoms with Crippen LogP contribution in [0.5, 0.6) is 11.5 Å². The normalized spacial score (nSPS) is 11.7. The van der Waals surface area contributed by atoms with Crippen molar-refractivity contribution in [2.75, 3.05) is 21.3 Å². The highest BCUT2D eigenvalue weighted by Gasteiger charge is 2.27. The van der Waals surface area contributed by atoms with Crippen LogP contribution in [0.25, 0.3) is 0 Å². The molecular weight excluding hydrogens is 375 g/mol. The van der Waals surface area contributed by atoms with E-state index in [1.807, 2.05) is 13.8 Å². The summed E-state index contributed by atoms with van der Waals surface area (Å²) in [5, 5.41) is 2.80. The third kappa shape index (κ3) is 5.70. The van der Waals surface area contributed by atoms with Gasteiger partial charge >= 0.3 is 0 Å². The number of carbonyl (C=O) groups excluding carboxylic acids is 2. The molecule has 0 radical (unpaired) electrons. The van der Waals surface area contributed by atoms with Crippen molar-refractivity contribution in [1.29, 1.82) is 0 Å². The molecule has 0 saturated carbocycles. The maximum atomic E-state index is 13.9. The number of nitrogens with zero attached hydrogens (tertiary/aromatic N) is 1. The summed E-state index contributed by atoms with van der Waals surface area (Å²) in [6.45, 7) is 3.93. The number of carbonyl (C=O) groups is 2. The molecule has 29 heavy (non-hydrogen) atoms. The van der Waals surface area contributed by atoms with E-state index in [1.165, 1.54) is 24.1 Å². The smallest absolute Gasteiger partial charge is 0.251 e. The maximum Gasteiger partial charge on any atom is 0.251 e. The number of methoxy groups -OCH3 is 2. The molecule has 2 aromatic carbocycles. The number of rotatable bonds is 8. The zero-order valence-electron chi connectivity index (χ0n) is 17.4. The molecule has 0 fully saturated rings. The fourth-order valence-electron chi connectivity index (χ4n) is 2.88. The van der Waals surface area contributed by atoms with Crippen LogP contribution in [-0.4, -0.2) is 44.0 Å². The lowest BCUT2D eigenvalue weighted by Crippen LogP contribution is -2.50. The molecule has 0 spiro atoms. The monoisotopic (exact) mass is 402 g/mol. The number of likely N-dealkylation sites (N-methyl/N-ethyl adjacent to an activating group) is 1. The van der Waals surface area contributed by atoms with Gasteiger partial charge in [-0.15, -0.1) is 0 Å². The molecule has 1 N–H and O–H groups in total. The molecule has 156 valence electrons. The van der Waals surface area contributed by atoms with E-state index in [-0.39, 0.29) is 30.0 Å². The standard InChI is InChI=1S/C22H27FN2O4/c1-14(2)20(24-21(26)16-7-9-17(28-4)10-8-16)22(27)25(3)13-15-6-11-19(29-5)18(23)12-15/h6-12,14,20H,13H2,1-5H3,(H,24,26). The van der Waals surface area contributed by atoms with E-state index in [2.05, 4.69) is 5.32 Å². The van der Waals surface area contributed by atoms with Crippen molar-refractivity contribution in [3.8, 4) is 11.5 Å². The molecule has 7 heteroatoms. The Kier molecular flexibility index (Phi) is 7.59. The first kappa shape index (κ1) is 22.2. The van der Waals surface area contributed by atoms with Gasteiger partial charge in [0.05, 0.1) is 14.2 Å². The van der Waals surface area contributed by atoms with Crippen LogP contribution in [0.3, 0.4) is 0 Å². The number of nitrogens with one attached hydrogen (secondary N) is 1. The number of amides is 2. The second-order valence-corrected chi connectivity index (χ2v) is 7.09. The molecule has 0 heterocycles. The molecule has 2 amide bonds. The van der Waals surface area contributed by atoms with E-state index >= 15 is 0 Å². The number of benzene rings is 2. The maximum absolute atomic E-state index is 13.9. The minimum atomic E-state index is -0.710. The molecule has 0 aliphatic carbocycles. The fourth-order valence-corrected chi connectivity index (χ4v) is 2.88. The van der Waals surface area contributed by atoms with Crippen LogP contribution in [-0.2, 0) is 11.3 Å². The first-order valence-electron chi connectivity index (χ1n) is 9.29. The predicted octanol–water partition coefficient (Wildman–Crippen LogP) is 3.26. The SMILES string of the molecule is COc1ccc(C(=O)NC(C(=O)N(C)Cc2ccc(OC)c(F)c2)C(C)C)cc1. The molecule has 0 aromatic heterocycles. The van der Waals surface area contributed by atoms with Crippen molar-refractivity contribution < 1.29 is 23.5 Å². The third-order valence-electron chi connectivity index (χ3n) is 4.58. The van der Waals surface area contributed by atoms with Gasteiger partial charge in [0.1, 0.15) is 11.8 Å². The Bertz CT molecular complexity index is 852. The third-order valence-corrected chi connectivity index (χ3v) is 4.58. The van der Waals surface area contributed by atoms with Gasteiger partial charge in [0, 0.05) is 19.2 Å². The van der Waals surface area contributed by atoms with Crippen molar-refractivity contribution in [3.05, 3.63) is 59.4 Å². The van der Waals surface area contributed by atoms with Gasteiger partial charge in [0.15, 0.2) is 11.6 Å². The van der Waals surface area contributed by atoms with E-state index < -0.39 is 11.9 Å². The zero-order chi connectivity index (χ0) is 21.6. The van der Waals surface area contributed by atoms with E-state index in [9.17, 15) is 14.0 Å². The number of hydrogen-bond donors (Lipinski definition) is 1. The summed E-state index contributed by atoms with van der Waals surface area (Å²) in [4.78, 5) is 27.0. The second-order valence-electron chi connectivity index (χ2n) is 7.09. The molecule has 0 saturated heterocycles. The minimum Gasteiger partial charge on any atom is -0.497 e. The summed E-state index contributed by atoms with van der Waals surface area (Å²) < 4.78 is 23.9. The van der Waals surface area contributed by atoms with Gasteiger partial charge in [-0.1, -0.05) is 19.9 Å². The number of ether oxygens (including phenoxy) is 2. The molecule has 2 rings (SSSR count). The average Bonchev–Trinajstić information content (AvgIpc) is 2.71. The van der Waals surface area contributed by atoms with Crippen molar-refractivity contribution in [1.82, 2.24) is 10.2 Å². The second kappa shape index (κ2) is 9.91. The molecule has 2 aromatic rings. The largest absolute Gasteiger partial charge is 0.497 e. The Morgan fingerprint density at radius 3 is 2.24 bits per heavy atom. The van der Waals surface area contributed by atoms with Crippen LogP contribution < -0.4 is 14.8 Å². The molecule has 0 bridgehead atoms. The Morgan fingerprint density at radius 1 is 1.07 bits per heavy atom. The fraction of sp³-hybridized carbons (Fsp3) is 0.364. The highest BCUT2D eigenvalue weighted by atomic mass is 19.1. The Labute approximate surface area is 170 Å². The van der Waals surface area contributed by atoms with Crippen LogP contribution in [0.2, 0.25) is 0 Å². The molecular formula is C22H27FN2O4. The first-order chi connectivity index (χ1) is 13.8. The van der Waals surface area contributed by atoms with Crippen molar-refractivity contribution in [2.24, 2.45) is 5.92 Å². The van der Waals surface area contributed by atoms with Gasteiger partial charge in [-0.05, 0) is 47.9 Å². The lowest BCUT2D eigenvalue weighted by atomic mass is 10.0. The van der Waals surface area contributed by atoms with Crippen molar-refractivity contribution in [3.63, 3.8) is 0 Å². The van der Waals surface area contributed by atoms with Gasteiger partial charge in [0.2, 0.25) is 5.91 Å². The Balaban J connectivity index is 2.09. The van der Waals surface area contributed by atoms with Crippen molar-refractivity contribution in [2.45, 2.75) is 26.4 Å². The molecule has 0 aliphatic heterocycles. The first-order valence-corrected chi connectivity index (χ1v) is 9.29. The lowest BCUT2D eigenvalue weighted by Gasteiger charge is -2.27. The van der Waals surface area contributed by atoms with Gasteiger partial charge in [-0.3, -0.25) is 9.59 Å². The summed E-state index contributed by atoms with van der Waals surface area (Å²) >= 11 is 0. The lowest BCUT2D eigenvalue weighted by molar-refractivity contribution is -0.133. The van der Waals surface area contributed by atoms with Gasteiger partial charge < -0.3 is 19.7 Å². The molecule has 1 unspecified atom stereocenters. The highest BCUT2D eigenvalue weighted by molar-refractivity contribution is 5.97. The van der Waals surface area contributed by atoms with E-state index in [0.29, 0.717) is 16.9 Å². The summed E-state index contributed by atoms with van der Waals surface area (Å²) in [5.41, 5.74) is 1.06. The molecule has 0 aliphatic rings. The van der Waals surface area contributed by atoms with Crippen LogP contribution in [0.1, 0.15) is 29.8 Å². The zero-order valence-corrected chi connectivity index (χ0v) is 17.4. The topological polar surface area (TPSA) is 67.9 Å². The van der Waals surface area contributed by atoms with E-state index in [1.54, 1.807) is 44.5 Å². The minimum absolute atomic E-state index is 0.125. The Morgan fingerprint density at radius 2 is 1.72 bits per heavy atom. The Hall–Kier alpha value is -3.09. The molecule has 1 atom stereocenters.